The number of nitrogens with one attached hydrogen (secondary N) is 1. The lowest BCUT2D eigenvalue weighted by Gasteiger charge is -2.28. The van der Waals surface area contributed by atoms with Crippen LogP contribution in [0, 0.1) is 0 Å². The van der Waals surface area contributed by atoms with Gasteiger partial charge >= 0.3 is 5.97 Å². The molecular formula is C11H16N2O4. The monoisotopic (exact) mass is 240 g/mol. The fourth-order valence-corrected chi connectivity index (χ4v) is 1.85. The first-order valence-corrected chi connectivity index (χ1v) is 5.57. The Morgan fingerprint density at radius 2 is 2.53 bits per heavy atom. The van der Waals surface area contributed by atoms with E-state index in [-0.39, 0.29) is 17.3 Å². The van der Waals surface area contributed by atoms with Crippen LogP contribution in [0.25, 0.3) is 0 Å². The molecule has 6 heteroatoms. The summed E-state index contributed by atoms with van der Waals surface area (Å²) < 4.78 is 10.4. The van der Waals surface area contributed by atoms with Gasteiger partial charge in [-0.15, -0.1) is 0 Å². The van der Waals surface area contributed by atoms with Crippen molar-refractivity contribution >= 4 is 5.97 Å². The van der Waals surface area contributed by atoms with Crippen LogP contribution in [0.3, 0.4) is 0 Å². The van der Waals surface area contributed by atoms with Crippen molar-refractivity contribution in [3.63, 3.8) is 0 Å². The van der Waals surface area contributed by atoms with Crippen LogP contribution in [-0.2, 0) is 11.3 Å². The molecule has 1 aromatic heterocycles. The molecule has 2 heterocycles. The Balaban J connectivity index is 1.95. The second-order valence-electron chi connectivity index (χ2n) is 4.52. The third-order valence-electron chi connectivity index (χ3n) is 3.33. The van der Waals surface area contributed by atoms with Gasteiger partial charge in [-0.25, -0.2) is 4.79 Å². The number of carbonyl (C=O) groups is 1. The van der Waals surface area contributed by atoms with Crippen molar-refractivity contribution < 1.29 is 19.2 Å². The van der Waals surface area contributed by atoms with E-state index in [2.05, 4.69) is 17.4 Å². The lowest BCUT2D eigenvalue weighted by molar-refractivity contribution is 0.0685. The lowest BCUT2D eigenvalue weighted by atomic mass is 9.95. The van der Waals surface area contributed by atoms with E-state index in [0.29, 0.717) is 12.3 Å². The number of ether oxygens (including phenoxy) is 1. The van der Waals surface area contributed by atoms with E-state index in [4.69, 9.17) is 14.4 Å². The Labute approximate surface area is 98.9 Å². The number of rotatable bonds is 4. The van der Waals surface area contributed by atoms with Crippen molar-refractivity contribution in [2.45, 2.75) is 38.5 Å². The van der Waals surface area contributed by atoms with Gasteiger partial charge < -0.3 is 19.7 Å². The topological polar surface area (TPSA) is 84.6 Å². The van der Waals surface area contributed by atoms with Crippen molar-refractivity contribution in [2.75, 3.05) is 6.61 Å². The fourth-order valence-electron chi connectivity index (χ4n) is 1.85. The van der Waals surface area contributed by atoms with E-state index in [0.717, 1.165) is 13.0 Å². The van der Waals surface area contributed by atoms with Gasteiger partial charge in [-0.3, -0.25) is 0 Å². The quantitative estimate of drug-likeness (QED) is 0.817. The van der Waals surface area contributed by atoms with Gasteiger partial charge in [0, 0.05) is 18.2 Å². The molecule has 17 heavy (non-hydrogen) atoms. The summed E-state index contributed by atoms with van der Waals surface area (Å²) in [6.07, 6.45) is 1.05. The molecule has 6 nitrogen and oxygen atoms in total. The van der Waals surface area contributed by atoms with E-state index in [9.17, 15) is 4.79 Å². The van der Waals surface area contributed by atoms with Crippen LogP contribution in [0.5, 0.6) is 0 Å². The first-order valence-electron chi connectivity index (χ1n) is 5.57. The van der Waals surface area contributed by atoms with Crippen molar-refractivity contribution in [3.05, 3.63) is 17.5 Å². The van der Waals surface area contributed by atoms with Crippen molar-refractivity contribution in [2.24, 2.45) is 0 Å². The SMILES string of the molecule is CC1OCCC1(C)NCc1cc(C(=O)O)no1. The number of carboxylic acid groups (broad SMARTS) is 1. The molecular weight excluding hydrogens is 224 g/mol. The van der Waals surface area contributed by atoms with Gasteiger partial charge in [-0.05, 0) is 20.3 Å². The first kappa shape index (κ1) is 12.1. The number of nitrogens with zero attached hydrogens (tertiary/aromatic N) is 1. The molecule has 2 unspecified atom stereocenters. The zero-order valence-electron chi connectivity index (χ0n) is 9.90. The minimum absolute atomic E-state index is 0.0670. The molecule has 0 bridgehead atoms. The van der Waals surface area contributed by atoms with Crippen LogP contribution in [0.15, 0.2) is 10.6 Å². The molecule has 0 amide bonds. The van der Waals surface area contributed by atoms with E-state index < -0.39 is 5.97 Å². The Morgan fingerprint density at radius 1 is 1.76 bits per heavy atom. The van der Waals surface area contributed by atoms with Crippen LogP contribution in [-0.4, -0.2) is 34.5 Å². The molecule has 0 saturated carbocycles. The Kier molecular flexibility index (Phi) is 3.17. The van der Waals surface area contributed by atoms with Gasteiger partial charge in [0.2, 0.25) is 0 Å². The van der Waals surface area contributed by atoms with Crippen LogP contribution >= 0.6 is 0 Å². The Hall–Kier alpha value is -1.40. The molecule has 0 aliphatic carbocycles. The highest BCUT2D eigenvalue weighted by molar-refractivity contribution is 5.85. The largest absolute Gasteiger partial charge is 0.476 e. The van der Waals surface area contributed by atoms with Gasteiger partial charge in [-0.1, -0.05) is 5.16 Å². The van der Waals surface area contributed by atoms with Gasteiger partial charge in [-0.2, -0.15) is 0 Å². The standard InChI is InChI=1S/C11H16N2O4/c1-7-11(2,3-4-16-7)12-6-8-5-9(10(14)15)13-17-8/h5,7,12H,3-4,6H2,1-2H3,(H,14,15). The summed E-state index contributed by atoms with van der Waals surface area (Å²) in [6, 6.07) is 1.43. The molecule has 1 aliphatic rings. The average molecular weight is 240 g/mol. The molecule has 0 radical (unpaired) electrons. The normalized spacial score (nSPS) is 28.5. The molecule has 2 rings (SSSR count). The molecule has 2 N–H and O–H groups in total. The molecule has 1 saturated heterocycles. The van der Waals surface area contributed by atoms with Gasteiger partial charge in [0.05, 0.1) is 12.6 Å². The number of hydrogen-bond acceptors (Lipinski definition) is 5. The highest BCUT2D eigenvalue weighted by Gasteiger charge is 2.36. The molecule has 2 atom stereocenters. The number of hydrogen-bond donors (Lipinski definition) is 2. The van der Waals surface area contributed by atoms with Crippen molar-refractivity contribution in [1.82, 2.24) is 10.5 Å². The highest BCUT2D eigenvalue weighted by Crippen LogP contribution is 2.25. The first-order chi connectivity index (χ1) is 8.01. The summed E-state index contributed by atoms with van der Waals surface area (Å²) in [5.74, 6) is -0.563. The van der Waals surface area contributed by atoms with E-state index in [1.807, 2.05) is 6.92 Å². The third-order valence-corrected chi connectivity index (χ3v) is 3.33. The summed E-state index contributed by atoms with van der Waals surface area (Å²) in [5.41, 5.74) is -0.168. The predicted octanol–water partition coefficient (Wildman–Crippen LogP) is 1.03. The van der Waals surface area contributed by atoms with Crippen LogP contribution in [0.1, 0.15) is 36.5 Å². The highest BCUT2D eigenvalue weighted by atomic mass is 16.5. The fraction of sp³-hybridized carbons (Fsp3) is 0.636. The summed E-state index contributed by atoms with van der Waals surface area (Å²) in [5, 5.41) is 15.5. The predicted molar refractivity (Wildman–Crippen MR) is 58.7 cm³/mol. The third kappa shape index (κ3) is 2.48. The van der Waals surface area contributed by atoms with Crippen molar-refractivity contribution in [3.8, 4) is 0 Å². The molecule has 1 aromatic rings. The number of carboxylic acids is 1. The van der Waals surface area contributed by atoms with Crippen LogP contribution in [0.4, 0.5) is 0 Å². The van der Waals surface area contributed by atoms with E-state index >= 15 is 0 Å². The Morgan fingerprint density at radius 3 is 3.06 bits per heavy atom. The average Bonchev–Trinajstić information content (AvgIpc) is 2.85. The summed E-state index contributed by atoms with van der Waals surface area (Å²) in [6.45, 7) is 5.29. The lowest BCUT2D eigenvalue weighted by Crippen LogP contribution is -2.47. The summed E-state index contributed by atoms with van der Waals surface area (Å²) in [7, 11) is 0. The Bertz CT molecular complexity index is 417. The van der Waals surface area contributed by atoms with Crippen molar-refractivity contribution in [1.29, 1.82) is 0 Å². The zero-order chi connectivity index (χ0) is 12.5. The second kappa shape index (κ2) is 4.46. The van der Waals surface area contributed by atoms with Crippen LogP contribution < -0.4 is 5.32 Å². The number of aromatic carboxylic acids is 1. The van der Waals surface area contributed by atoms with Crippen LogP contribution in [0.2, 0.25) is 0 Å². The maximum atomic E-state index is 10.6. The minimum atomic E-state index is -1.08. The zero-order valence-corrected chi connectivity index (χ0v) is 9.90. The smallest absolute Gasteiger partial charge is 0.358 e. The second-order valence-corrected chi connectivity index (χ2v) is 4.52. The van der Waals surface area contributed by atoms with Gasteiger partial charge in [0.25, 0.3) is 0 Å². The van der Waals surface area contributed by atoms with E-state index in [1.54, 1.807) is 0 Å². The maximum absolute atomic E-state index is 10.6. The maximum Gasteiger partial charge on any atom is 0.358 e. The molecule has 94 valence electrons. The van der Waals surface area contributed by atoms with Gasteiger partial charge in [0.15, 0.2) is 11.5 Å². The molecule has 1 fully saturated rings. The molecule has 1 aliphatic heterocycles. The minimum Gasteiger partial charge on any atom is -0.476 e. The number of aromatic nitrogens is 1. The molecule has 0 spiro atoms. The molecule has 0 aromatic carbocycles. The van der Waals surface area contributed by atoms with Gasteiger partial charge in [0.1, 0.15) is 0 Å². The van der Waals surface area contributed by atoms with E-state index in [1.165, 1.54) is 6.07 Å². The summed E-state index contributed by atoms with van der Waals surface area (Å²) in [4.78, 5) is 10.6. The summed E-state index contributed by atoms with van der Waals surface area (Å²) >= 11 is 0.